The van der Waals surface area contributed by atoms with Gasteiger partial charge in [-0.25, -0.2) is 4.79 Å². The monoisotopic (exact) mass is 139 g/mol. The number of hydrogen-bond acceptors (Lipinski definition) is 2. The lowest BCUT2D eigenvalue weighted by Gasteiger charge is -2.25. The van der Waals surface area contributed by atoms with Crippen LogP contribution in [0.25, 0.3) is 0 Å². The minimum absolute atomic E-state index is 0.266. The van der Waals surface area contributed by atoms with Crippen LogP contribution in [0, 0.1) is 0 Å². The average molecular weight is 139 g/mol. The Labute approximate surface area is 59.6 Å². The summed E-state index contributed by atoms with van der Waals surface area (Å²) >= 11 is 0. The number of amides is 1. The molecule has 0 aromatic heterocycles. The highest BCUT2D eigenvalue weighted by atomic mass is 16.6. The Balaban J connectivity index is 2.79. The van der Waals surface area contributed by atoms with E-state index in [9.17, 15) is 4.79 Å². The van der Waals surface area contributed by atoms with Gasteiger partial charge in [0.15, 0.2) is 0 Å². The quantitative estimate of drug-likeness (QED) is 0.503. The molecule has 1 aliphatic rings. The van der Waals surface area contributed by atoms with Gasteiger partial charge in [0.05, 0.1) is 0 Å². The summed E-state index contributed by atoms with van der Waals surface area (Å²) in [6.45, 7) is 7.58. The highest BCUT2D eigenvalue weighted by Crippen LogP contribution is 2.16. The van der Waals surface area contributed by atoms with Gasteiger partial charge in [0.25, 0.3) is 0 Å². The van der Waals surface area contributed by atoms with Crippen molar-refractivity contribution in [3.8, 4) is 0 Å². The summed E-state index contributed by atoms with van der Waals surface area (Å²) in [4.78, 5) is 12.1. The summed E-state index contributed by atoms with van der Waals surface area (Å²) in [5.74, 6) is 0. The van der Waals surface area contributed by atoms with Crippen LogP contribution in [0.4, 0.5) is 4.79 Å². The van der Waals surface area contributed by atoms with Gasteiger partial charge in [0, 0.05) is 18.3 Å². The van der Waals surface area contributed by atoms with Crippen LogP contribution in [-0.2, 0) is 4.74 Å². The maximum atomic E-state index is 10.8. The third-order valence-corrected chi connectivity index (χ3v) is 1.46. The fourth-order valence-corrected chi connectivity index (χ4v) is 0.676. The normalized spacial score (nSPS) is 19.3. The van der Waals surface area contributed by atoms with Gasteiger partial charge in [0.1, 0.15) is 6.61 Å². The van der Waals surface area contributed by atoms with Crippen molar-refractivity contribution in [2.45, 2.75) is 0 Å². The predicted octanol–water partition coefficient (Wildman–Crippen LogP) is 1.14. The van der Waals surface area contributed by atoms with Crippen molar-refractivity contribution in [3.05, 3.63) is 24.4 Å². The van der Waals surface area contributed by atoms with E-state index in [0.29, 0.717) is 5.70 Å². The van der Waals surface area contributed by atoms with Crippen molar-refractivity contribution < 1.29 is 9.53 Å². The van der Waals surface area contributed by atoms with Crippen LogP contribution >= 0.6 is 0 Å². The Bertz CT molecular complexity index is 208. The lowest BCUT2D eigenvalue weighted by molar-refractivity contribution is 0.117. The van der Waals surface area contributed by atoms with E-state index in [0.717, 1.165) is 5.57 Å². The van der Waals surface area contributed by atoms with Gasteiger partial charge in [-0.2, -0.15) is 0 Å². The molecule has 0 radical (unpaired) electrons. The number of carbonyl (C=O) groups is 1. The molecule has 1 amide bonds. The number of hydrogen-bond donors (Lipinski definition) is 0. The van der Waals surface area contributed by atoms with Gasteiger partial charge in [-0.05, 0) is 0 Å². The molecule has 1 saturated heterocycles. The highest BCUT2D eigenvalue weighted by molar-refractivity contribution is 5.72. The second-order valence-corrected chi connectivity index (χ2v) is 2.16. The van der Waals surface area contributed by atoms with Gasteiger partial charge in [-0.15, -0.1) is 0 Å². The fraction of sp³-hybridized carbons (Fsp3) is 0.286. The number of carbonyl (C=O) groups excluding carboxylic acids is 1. The van der Waals surface area contributed by atoms with E-state index in [2.05, 4.69) is 13.2 Å². The Hall–Kier alpha value is -1.25. The first-order chi connectivity index (χ1) is 4.63. The number of likely N-dealkylation sites (N-methyl/N-ethyl adjacent to an activating group) is 1. The SMILES string of the molecule is C=C1COC(=O)N(C)C1=C. The zero-order chi connectivity index (χ0) is 7.72. The molecule has 10 heavy (non-hydrogen) atoms. The average Bonchev–Trinajstić information content (AvgIpc) is 1.93. The summed E-state index contributed by atoms with van der Waals surface area (Å²) in [7, 11) is 1.61. The molecule has 1 fully saturated rings. The van der Waals surface area contributed by atoms with E-state index in [4.69, 9.17) is 4.74 Å². The molecule has 0 atom stereocenters. The molecule has 0 aromatic carbocycles. The number of rotatable bonds is 0. The Morgan fingerprint density at radius 1 is 1.60 bits per heavy atom. The minimum atomic E-state index is -0.364. The first-order valence-corrected chi connectivity index (χ1v) is 2.90. The number of cyclic esters (lactones) is 1. The fourth-order valence-electron chi connectivity index (χ4n) is 0.676. The Morgan fingerprint density at radius 2 is 2.20 bits per heavy atom. The van der Waals surface area contributed by atoms with Crippen LogP contribution in [0.1, 0.15) is 0 Å². The van der Waals surface area contributed by atoms with E-state index in [-0.39, 0.29) is 12.7 Å². The molecule has 3 heteroatoms. The summed E-state index contributed by atoms with van der Waals surface area (Å²) in [6, 6.07) is 0. The summed E-state index contributed by atoms with van der Waals surface area (Å²) < 4.78 is 4.70. The van der Waals surface area contributed by atoms with Gasteiger partial charge in [0.2, 0.25) is 0 Å². The first kappa shape index (κ1) is 6.86. The summed E-state index contributed by atoms with van der Waals surface area (Å²) in [5, 5.41) is 0. The van der Waals surface area contributed by atoms with Gasteiger partial charge in [-0.3, -0.25) is 4.90 Å². The second-order valence-electron chi connectivity index (χ2n) is 2.16. The van der Waals surface area contributed by atoms with Crippen LogP contribution in [0.15, 0.2) is 24.4 Å². The topological polar surface area (TPSA) is 29.5 Å². The lowest BCUT2D eigenvalue weighted by Crippen LogP contribution is -2.33. The molecule has 0 aromatic rings. The molecule has 1 heterocycles. The van der Waals surface area contributed by atoms with Crippen LogP contribution in [-0.4, -0.2) is 24.6 Å². The van der Waals surface area contributed by atoms with Crippen molar-refractivity contribution in [3.63, 3.8) is 0 Å². The second kappa shape index (κ2) is 2.17. The van der Waals surface area contributed by atoms with E-state index < -0.39 is 0 Å². The molecule has 1 aliphatic heterocycles. The smallest absolute Gasteiger partial charge is 0.414 e. The van der Waals surface area contributed by atoms with Crippen LogP contribution in [0.5, 0.6) is 0 Å². The van der Waals surface area contributed by atoms with Gasteiger partial charge in [-0.1, -0.05) is 13.2 Å². The standard InChI is InChI=1S/C7H9NO2/c1-5-4-10-7(9)8(3)6(5)2/h1-2,4H2,3H3. The van der Waals surface area contributed by atoms with Crippen LogP contribution in [0.3, 0.4) is 0 Å². The maximum absolute atomic E-state index is 10.8. The molecule has 0 bridgehead atoms. The van der Waals surface area contributed by atoms with Gasteiger partial charge >= 0.3 is 6.09 Å². The van der Waals surface area contributed by atoms with Crippen molar-refractivity contribution in [2.24, 2.45) is 0 Å². The van der Waals surface area contributed by atoms with Crippen LogP contribution < -0.4 is 0 Å². The Morgan fingerprint density at radius 3 is 2.70 bits per heavy atom. The predicted molar refractivity (Wildman–Crippen MR) is 37.4 cm³/mol. The third-order valence-electron chi connectivity index (χ3n) is 1.46. The van der Waals surface area contributed by atoms with E-state index in [1.54, 1.807) is 7.05 Å². The van der Waals surface area contributed by atoms with E-state index in [1.165, 1.54) is 4.90 Å². The molecule has 0 spiro atoms. The van der Waals surface area contributed by atoms with Crippen molar-refractivity contribution in [1.82, 2.24) is 4.90 Å². The zero-order valence-electron chi connectivity index (χ0n) is 5.89. The molecule has 0 aliphatic carbocycles. The molecule has 0 N–H and O–H groups in total. The summed E-state index contributed by atoms with van der Waals surface area (Å²) in [5.41, 5.74) is 1.39. The van der Waals surface area contributed by atoms with Gasteiger partial charge < -0.3 is 4.74 Å². The number of ether oxygens (including phenoxy) is 1. The first-order valence-electron chi connectivity index (χ1n) is 2.90. The van der Waals surface area contributed by atoms with E-state index >= 15 is 0 Å². The van der Waals surface area contributed by atoms with Crippen molar-refractivity contribution >= 4 is 6.09 Å². The summed E-state index contributed by atoms with van der Waals surface area (Å²) in [6.07, 6.45) is -0.364. The highest BCUT2D eigenvalue weighted by Gasteiger charge is 2.21. The molecule has 0 unspecified atom stereocenters. The third kappa shape index (κ3) is 0.900. The van der Waals surface area contributed by atoms with Crippen molar-refractivity contribution in [2.75, 3.05) is 13.7 Å². The van der Waals surface area contributed by atoms with E-state index in [1.807, 2.05) is 0 Å². The largest absolute Gasteiger partial charge is 0.444 e. The maximum Gasteiger partial charge on any atom is 0.414 e. The Kier molecular flexibility index (Phi) is 1.49. The molecule has 3 nitrogen and oxygen atoms in total. The van der Waals surface area contributed by atoms with Crippen LogP contribution in [0.2, 0.25) is 0 Å². The molecule has 0 saturated carbocycles. The zero-order valence-corrected chi connectivity index (χ0v) is 5.89. The molecule has 1 rings (SSSR count). The lowest BCUT2D eigenvalue weighted by atomic mass is 10.2. The minimum Gasteiger partial charge on any atom is -0.444 e. The van der Waals surface area contributed by atoms with Crippen molar-refractivity contribution in [1.29, 1.82) is 0 Å². The molecular weight excluding hydrogens is 130 g/mol. The molecular formula is C7H9NO2. The molecule has 54 valence electrons. The number of nitrogens with zero attached hydrogens (tertiary/aromatic N) is 1.